The van der Waals surface area contributed by atoms with Gasteiger partial charge in [-0.1, -0.05) is 61.5 Å². The van der Waals surface area contributed by atoms with Crippen LogP contribution in [0.15, 0.2) is 85.1 Å². The molecule has 2 saturated carbocycles. The van der Waals surface area contributed by atoms with Crippen molar-refractivity contribution in [3.05, 3.63) is 96.3 Å². The van der Waals surface area contributed by atoms with Crippen LogP contribution < -0.4 is 10.2 Å². The maximum atomic E-state index is 13.9. The zero-order valence-electron chi connectivity index (χ0n) is 21.4. The van der Waals surface area contributed by atoms with Gasteiger partial charge < -0.3 is 15.0 Å². The predicted octanol–water partition coefficient (Wildman–Crippen LogP) is 7.41. The molecule has 3 aromatic carbocycles. The van der Waals surface area contributed by atoms with E-state index < -0.39 is 0 Å². The molecular weight excluding hydrogens is 444 g/mol. The average molecular weight is 481 g/mol. The molecule has 0 aromatic heterocycles. The lowest BCUT2D eigenvalue weighted by Gasteiger charge is -2.30. The molecule has 3 aromatic rings. The molecular formula is C32H36N2O2. The quantitative estimate of drug-likeness (QED) is 0.324. The van der Waals surface area contributed by atoms with Gasteiger partial charge in [0.2, 0.25) is 5.91 Å². The average Bonchev–Trinajstić information content (AvgIpc) is 3.55. The fourth-order valence-electron chi connectivity index (χ4n) is 5.88. The summed E-state index contributed by atoms with van der Waals surface area (Å²) in [5.41, 5.74) is 6.57. The van der Waals surface area contributed by atoms with E-state index in [4.69, 9.17) is 4.74 Å². The molecule has 3 atom stereocenters. The lowest BCUT2D eigenvalue weighted by molar-refractivity contribution is -0.124. The zero-order valence-corrected chi connectivity index (χ0v) is 21.4. The highest BCUT2D eigenvalue weighted by molar-refractivity contribution is 5.95. The van der Waals surface area contributed by atoms with E-state index in [9.17, 15) is 4.79 Å². The molecule has 2 fully saturated rings. The van der Waals surface area contributed by atoms with Crippen molar-refractivity contribution < 1.29 is 9.53 Å². The summed E-state index contributed by atoms with van der Waals surface area (Å²) in [5.74, 6) is 2.38. The van der Waals surface area contributed by atoms with Crippen LogP contribution in [0.25, 0.3) is 11.1 Å². The molecule has 2 bridgehead atoms. The summed E-state index contributed by atoms with van der Waals surface area (Å²) in [5, 5.41) is 3.16. The number of allylic oxidation sites excluding steroid dienone is 1. The standard InChI is InChI=1S/C32H36N2O2/c1-22(2)36-21-25-5-4-6-30(18-25)34(32(35)31-19-24-9-12-28(31)17-24)20-23-7-10-26(11-8-23)27-13-15-29(33-3)16-14-27/h4-8,10-11,13-16,18,24,28,31,33H,1,9,12,17,19-21H2,2-3H3. The molecule has 2 aliphatic carbocycles. The first-order valence-corrected chi connectivity index (χ1v) is 13.1. The van der Waals surface area contributed by atoms with Crippen LogP contribution in [0.2, 0.25) is 0 Å². The largest absolute Gasteiger partial charge is 0.494 e. The van der Waals surface area contributed by atoms with Crippen molar-refractivity contribution in [1.29, 1.82) is 0 Å². The molecule has 5 rings (SSSR count). The normalized spacial score (nSPS) is 20.2. The fraction of sp³-hybridized carbons (Fsp3) is 0.344. The van der Waals surface area contributed by atoms with Crippen LogP contribution in [0, 0.1) is 17.8 Å². The number of nitrogens with one attached hydrogen (secondary N) is 1. The summed E-state index contributed by atoms with van der Waals surface area (Å²) >= 11 is 0. The number of nitrogens with zero attached hydrogens (tertiary/aromatic N) is 1. The number of carbonyl (C=O) groups excluding carboxylic acids is 1. The molecule has 0 spiro atoms. The Morgan fingerprint density at radius 2 is 1.69 bits per heavy atom. The molecule has 0 saturated heterocycles. The maximum absolute atomic E-state index is 13.9. The lowest BCUT2D eigenvalue weighted by Crippen LogP contribution is -2.38. The molecule has 3 unspecified atom stereocenters. The Labute approximate surface area is 215 Å². The van der Waals surface area contributed by atoms with Crippen molar-refractivity contribution in [3.63, 3.8) is 0 Å². The SMILES string of the molecule is C=C(C)OCc1cccc(N(Cc2ccc(-c3ccc(NC)cc3)cc2)C(=O)C2CC3CCC2C3)c1. The number of rotatable bonds is 9. The molecule has 0 aliphatic heterocycles. The second kappa shape index (κ2) is 10.6. The summed E-state index contributed by atoms with van der Waals surface area (Å²) < 4.78 is 5.65. The minimum absolute atomic E-state index is 0.143. The van der Waals surface area contributed by atoms with E-state index in [0.717, 1.165) is 34.8 Å². The molecule has 2 aliphatic rings. The monoisotopic (exact) mass is 480 g/mol. The van der Waals surface area contributed by atoms with Crippen molar-refractivity contribution >= 4 is 17.3 Å². The Morgan fingerprint density at radius 3 is 2.31 bits per heavy atom. The Hall–Kier alpha value is -3.53. The summed E-state index contributed by atoms with van der Waals surface area (Å²) in [7, 11) is 1.93. The molecule has 36 heavy (non-hydrogen) atoms. The van der Waals surface area contributed by atoms with Gasteiger partial charge in [-0.25, -0.2) is 0 Å². The maximum Gasteiger partial charge on any atom is 0.230 e. The van der Waals surface area contributed by atoms with Gasteiger partial charge in [-0.2, -0.15) is 0 Å². The van der Waals surface area contributed by atoms with E-state index in [0.29, 0.717) is 24.8 Å². The number of benzene rings is 3. The number of fused-ring (bicyclic) bond motifs is 2. The predicted molar refractivity (Wildman–Crippen MR) is 148 cm³/mol. The first kappa shape index (κ1) is 24.2. The lowest BCUT2D eigenvalue weighted by atomic mass is 9.87. The minimum atomic E-state index is 0.143. The van der Waals surface area contributed by atoms with Crippen molar-refractivity contribution in [1.82, 2.24) is 0 Å². The molecule has 0 heterocycles. The van der Waals surface area contributed by atoms with Crippen LogP contribution >= 0.6 is 0 Å². The highest BCUT2D eigenvalue weighted by atomic mass is 16.5. The van der Waals surface area contributed by atoms with E-state index in [2.05, 4.69) is 66.5 Å². The van der Waals surface area contributed by atoms with Crippen LogP contribution in [-0.4, -0.2) is 13.0 Å². The number of hydrogen-bond donors (Lipinski definition) is 1. The third-order valence-electron chi connectivity index (χ3n) is 7.83. The smallest absolute Gasteiger partial charge is 0.230 e. The van der Waals surface area contributed by atoms with Gasteiger partial charge in [0.1, 0.15) is 6.61 Å². The van der Waals surface area contributed by atoms with Crippen molar-refractivity contribution in [2.75, 3.05) is 17.3 Å². The van der Waals surface area contributed by atoms with E-state index in [1.54, 1.807) is 0 Å². The van der Waals surface area contributed by atoms with Gasteiger partial charge in [0.15, 0.2) is 0 Å². The van der Waals surface area contributed by atoms with E-state index in [-0.39, 0.29) is 11.8 Å². The van der Waals surface area contributed by atoms with Gasteiger partial charge in [-0.3, -0.25) is 4.79 Å². The van der Waals surface area contributed by atoms with E-state index >= 15 is 0 Å². The first-order chi connectivity index (χ1) is 17.5. The molecule has 0 radical (unpaired) electrons. The van der Waals surface area contributed by atoms with Crippen LogP contribution in [0.3, 0.4) is 0 Å². The van der Waals surface area contributed by atoms with E-state index in [1.807, 2.05) is 37.1 Å². The van der Waals surface area contributed by atoms with Gasteiger partial charge in [0.05, 0.1) is 12.3 Å². The molecule has 1 N–H and O–H groups in total. The van der Waals surface area contributed by atoms with Crippen LogP contribution in [-0.2, 0) is 22.7 Å². The molecule has 4 nitrogen and oxygen atoms in total. The summed E-state index contributed by atoms with van der Waals surface area (Å²) in [6.07, 6.45) is 4.75. The second-order valence-corrected chi connectivity index (χ2v) is 10.4. The Bertz CT molecular complexity index is 1220. The Kier molecular flexibility index (Phi) is 7.13. The molecule has 186 valence electrons. The van der Waals surface area contributed by atoms with E-state index in [1.165, 1.54) is 30.4 Å². The highest BCUT2D eigenvalue weighted by Crippen LogP contribution is 2.49. The van der Waals surface area contributed by atoms with Gasteiger partial charge >= 0.3 is 0 Å². The number of anilines is 2. The number of hydrogen-bond acceptors (Lipinski definition) is 3. The van der Waals surface area contributed by atoms with Crippen LogP contribution in [0.5, 0.6) is 0 Å². The van der Waals surface area contributed by atoms with Gasteiger partial charge in [0.25, 0.3) is 0 Å². The fourth-order valence-corrected chi connectivity index (χ4v) is 5.88. The topological polar surface area (TPSA) is 41.6 Å². The molecule has 4 heteroatoms. The number of ether oxygens (including phenoxy) is 1. The highest BCUT2D eigenvalue weighted by Gasteiger charge is 2.44. The number of amides is 1. The van der Waals surface area contributed by atoms with Gasteiger partial charge in [-0.15, -0.1) is 0 Å². The zero-order chi connectivity index (χ0) is 25.1. The number of carbonyl (C=O) groups is 1. The summed E-state index contributed by atoms with van der Waals surface area (Å²) in [6.45, 7) is 6.71. The first-order valence-electron chi connectivity index (χ1n) is 13.1. The minimum Gasteiger partial charge on any atom is -0.494 e. The van der Waals surface area contributed by atoms with Crippen LogP contribution in [0.1, 0.15) is 43.7 Å². The molecule has 1 amide bonds. The van der Waals surface area contributed by atoms with Gasteiger partial charge in [-0.05, 0) is 84.5 Å². The second-order valence-electron chi connectivity index (χ2n) is 10.4. The van der Waals surface area contributed by atoms with Gasteiger partial charge in [0, 0.05) is 24.3 Å². The Balaban J connectivity index is 1.39. The third kappa shape index (κ3) is 5.33. The summed E-state index contributed by atoms with van der Waals surface area (Å²) in [4.78, 5) is 15.9. The van der Waals surface area contributed by atoms with Crippen molar-refractivity contribution in [2.24, 2.45) is 17.8 Å². The third-order valence-corrected chi connectivity index (χ3v) is 7.83. The van der Waals surface area contributed by atoms with Crippen molar-refractivity contribution in [2.45, 2.75) is 45.8 Å². The Morgan fingerprint density at radius 1 is 0.972 bits per heavy atom. The van der Waals surface area contributed by atoms with Crippen molar-refractivity contribution in [3.8, 4) is 11.1 Å². The summed E-state index contributed by atoms with van der Waals surface area (Å²) in [6, 6.07) is 25.2. The van der Waals surface area contributed by atoms with Crippen LogP contribution in [0.4, 0.5) is 11.4 Å².